The van der Waals surface area contributed by atoms with Gasteiger partial charge in [0.1, 0.15) is 0 Å². The van der Waals surface area contributed by atoms with Crippen molar-refractivity contribution < 1.29 is 21.9 Å². The number of hydrogen-bond acceptors (Lipinski definition) is 4. The Hall–Kier alpha value is -1.74. The molecule has 0 saturated carbocycles. The minimum Gasteiger partial charge on any atom is -0.768 e. The van der Waals surface area contributed by atoms with Crippen LogP contribution < -0.4 is 0 Å². The zero-order valence-corrected chi connectivity index (χ0v) is 9.40. The molecule has 0 fully saturated rings. The van der Waals surface area contributed by atoms with E-state index in [1.165, 1.54) is 0 Å². The van der Waals surface area contributed by atoms with Gasteiger partial charge < -0.3 is 4.55 Å². The molecule has 2 heterocycles. The average Bonchev–Trinajstić information content (AvgIpc) is 2.77. The van der Waals surface area contributed by atoms with Gasteiger partial charge >= 0.3 is 6.18 Å². The first-order valence-electron chi connectivity index (χ1n) is 4.54. The van der Waals surface area contributed by atoms with Crippen molar-refractivity contribution in [1.29, 1.82) is 0 Å². The third-order valence-corrected chi connectivity index (χ3v) is 2.66. The SMILES string of the molecule is O=S([O-])c1cnn(-c2cncc(C(F)(F)F)c2)c1. The first-order valence-corrected chi connectivity index (χ1v) is 5.62. The fraction of sp³-hybridized carbons (Fsp3) is 0.111. The van der Waals surface area contributed by atoms with Gasteiger partial charge in [0.15, 0.2) is 0 Å². The largest absolute Gasteiger partial charge is 0.768 e. The van der Waals surface area contributed by atoms with Crippen LogP contribution in [-0.2, 0) is 17.3 Å². The van der Waals surface area contributed by atoms with Crippen LogP contribution in [0.2, 0.25) is 0 Å². The number of pyridine rings is 1. The van der Waals surface area contributed by atoms with Crippen molar-refractivity contribution >= 4 is 11.1 Å². The van der Waals surface area contributed by atoms with Crippen molar-refractivity contribution in [3.05, 3.63) is 36.4 Å². The Balaban J connectivity index is 2.41. The topological polar surface area (TPSA) is 70.8 Å². The summed E-state index contributed by atoms with van der Waals surface area (Å²) in [6, 6.07) is 0.831. The molecule has 0 spiro atoms. The third kappa shape index (κ3) is 2.57. The molecule has 0 aromatic carbocycles. The molecule has 0 aliphatic carbocycles. The number of nitrogens with zero attached hydrogens (tertiary/aromatic N) is 3. The fourth-order valence-electron chi connectivity index (χ4n) is 1.24. The summed E-state index contributed by atoms with van der Waals surface area (Å²) in [7, 11) is 0. The quantitative estimate of drug-likeness (QED) is 0.780. The molecular weight excluding hydrogens is 271 g/mol. The van der Waals surface area contributed by atoms with E-state index in [2.05, 4.69) is 10.1 Å². The number of aromatic nitrogens is 3. The monoisotopic (exact) mass is 276 g/mol. The molecule has 0 N–H and O–H groups in total. The molecule has 5 nitrogen and oxygen atoms in total. The summed E-state index contributed by atoms with van der Waals surface area (Å²) in [5.41, 5.74) is -0.901. The van der Waals surface area contributed by atoms with Gasteiger partial charge in [0.2, 0.25) is 0 Å². The van der Waals surface area contributed by atoms with Crippen LogP contribution in [-0.4, -0.2) is 23.5 Å². The van der Waals surface area contributed by atoms with Crippen LogP contribution in [0.5, 0.6) is 0 Å². The van der Waals surface area contributed by atoms with Gasteiger partial charge in [-0.1, -0.05) is 0 Å². The Kier molecular flexibility index (Phi) is 3.18. The molecule has 0 amide bonds. The molecule has 0 aliphatic rings. The van der Waals surface area contributed by atoms with Gasteiger partial charge in [-0.2, -0.15) is 18.3 Å². The minimum absolute atomic E-state index is 0.0292. The molecule has 0 radical (unpaired) electrons. The van der Waals surface area contributed by atoms with Crippen molar-refractivity contribution in [3.8, 4) is 5.69 Å². The van der Waals surface area contributed by atoms with Crippen molar-refractivity contribution in [1.82, 2.24) is 14.8 Å². The third-order valence-electron chi connectivity index (χ3n) is 2.07. The maximum Gasteiger partial charge on any atom is 0.417 e. The van der Waals surface area contributed by atoms with E-state index in [9.17, 15) is 21.9 Å². The fourth-order valence-corrected chi connectivity index (χ4v) is 1.56. The summed E-state index contributed by atoms with van der Waals surface area (Å²) >= 11 is -2.48. The van der Waals surface area contributed by atoms with E-state index >= 15 is 0 Å². The van der Waals surface area contributed by atoms with Gasteiger partial charge in [0.05, 0.1) is 28.5 Å². The summed E-state index contributed by atoms with van der Waals surface area (Å²) in [4.78, 5) is 3.33. The Morgan fingerprint density at radius 3 is 2.56 bits per heavy atom. The highest BCUT2D eigenvalue weighted by atomic mass is 32.2. The predicted octanol–water partition coefficient (Wildman–Crippen LogP) is 1.52. The van der Waals surface area contributed by atoms with E-state index < -0.39 is 22.8 Å². The Morgan fingerprint density at radius 2 is 2.00 bits per heavy atom. The Labute approximate surface area is 102 Å². The normalized spacial score (nSPS) is 13.6. The smallest absolute Gasteiger partial charge is 0.417 e. The van der Waals surface area contributed by atoms with Gasteiger partial charge in [-0.25, -0.2) is 4.68 Å². The van der Waals surface area contributed by atoms with Crippen molar-refractivity contribution in [2.24, 2.45) is 0 Å². The molecule has 0 bridgehead atoms. The highest BCUT2D eigenvalue weighted by Crippen LogP contribution is 2.29. The van der Waals surface area contributed by atoms with Gasteiger partial charge in [0, 0.05) is 12.4 Å². The zero-order chi connectivity index (χ0) is 13.3. The van der Waals surface area contributed by atoms with Gasteiger partial charge in [-0.3, -0.25) is 9.19 Å². The molecule has 96 valence electrons. The van der Waals surface area contributed by atoms with Crippen molar-refractivity contribution in [2.45, 2.75) is 11.1 Å². The molecule has 1 atom stereocenters. The number of halogens is 3. The maximum absolute atomic E-state index is 12.4. The molecular formula is C9H5F3N3O2S-. The van der Waals surface area contributed by atoms with Gasteiger partial charge in [0.25, 0.3) is 0 Å². The van der Waals surface area contributed by atoms with E-state index in [4.69, 9.17) is 0 Å². The predicted molar refractivity (Wildman–Crippen MR) is 53.5 cm³/mol. The summed E-state index contributed by atoms with van der Waals surface area (Å²) in [5.74, 6) is 0. The molecule has 2 aromatic rings. The van der Waals surface area contributed by atoms with Gasteiger partial charge in [-0.15, -0.1) is 0 Å². The first kappa shape index (κ1) is 12.7. The van der Waals surface area contributed by atoms with Crippen LogP contribution in [0.3, 0.4) is 0 Å². The second-order valence-electron chi connectivity index (χ2n) is 3.28. The number of hydrogen-bond donors (Lipinski definition) is 0. The summed E-state index contributed by atoms with van der Waals surface area (Å²) < 4.78 is 59.6. The van der Waals surface area contributed by atoms with E-state index in [1.54, 1.807) is 0 Å². The lowest BCUT2D eigenvalue weighted by molar-refractivity contribution is -0.137. The molecule has 1 unspecified atom stereocenters. The number of rotatable bonds is 2. The molecule has 18 heavy (non-hydrogen) atoms. The standard InChI is InChI=1S/C9H6F3N3O2S/c10-9(11,12)6-1-7(3-13-2-6)15-5-8(4-14-15)18(16)17/h1-5H,(H,16,17)/p-1. The second kappa shape index (κ2) is 4.50. The first-order chi connectivity index (χ1) is 8.38. The van der Waals surface area contributed by atoms with Crippen molar-refractivity contribution in [3.63, 3.8) is 0 Å². The maximum atomic E-state index is 12.4. The second-order valence-corrected chi connectivity index (χ2v) is 4.23. The molecule has 0 aliphatic heterocycles. The molecule has 2 aromatic heterocycles. The average molecular weight is 276 g/mol. The zero-order valence-electron chi connectivity index (χ0n) is 8.59. The molecule has 0 saturated heterocycles. The Bertz CT molecular complexity index is 597. The highest BCUT2D eigenvalue weighted by molar-refractivity contribution is 7.79. The van der Waals surface area contributed by atoms with E-state index in [0.29, 0.717) is 6.20 Å². The lowest BCUT2D eigenvalue weighted by atomic mass is 10.2. The van der Waals surface area contributed by atoms with Gasteiger partial charge in [-0.05, 0) is 17.1 Å². The highest BCUT2D eigenvalue weighted by Gasteiger charge is 2.31. The molecule has 9 heteroatoms. The van der Waals surface area contributed by atoms with Crippen LogP contribution >= 0.6 is 0 Å². The summed E-state index contributed by atoms with van der Waals surface area (Å²) in [5, 5.41) is 3.65. The van der Waals surface area contributed by atoms with Crippen LogP contribution in [0.1, 0.15) is 5.56 Å². The summed E-state index contributed by atoms with van der Waals surface area (Å²) in [6.07, 6.45) is -0.552. The van der Waals surface area contributed by atoms with Crippen molar-refractivity contribution in [2.75, 3.05) is 0 Å². The van der Waals surface area contributed by atoms with E-state index in [1.807, 2.05) is 0 Å². The number of alkyl halides is 3. The lowest BCUT2D eigenvalue weighted by Crippen LogP contribution is -2.07. The molecule has 2 rings (SSSR count). The van der Waals surface area contributed by atoms with E-state index in [-0.39, 0.29) is 10.6 Å². The van der Waals surface area contributed by atoms with Crippen LogP contribution in [0.25, 0.3) is 5.69 Å². The lowest BCUT2D eigenvalue weighted by Gasteiger charge is -2.07. The van der Waals surface area contributed by atoms with Crippen LogP contribution in [0, 0.1) is 0 Å². The van der Waals surface area contributed by atoms with Crippen LogP contribution in [0.15, 0.2) is 35.7 Å². The Morgan fingerprint density at radius 1 is 1.28 bits per heavy atom. The van der Waals surface area contributed by atoms with Crippen LogP contribution in [0.4, 0.5) is 13.2 Å². The minimum atomic E-state index is -4.51. The van der Waals surface area contributed by atoms with E-state index in [0.717, 1.165) is 29.3 Å². The summed E-state index contributed by atoms with van der Waals surface area (Å²) in [6.45, 7) is 0.